The van der Waals surface area contributed by atoms with Gasteiger partial charge in [-0.2, -0.15) is 0 Å². The van der Waals surface area contributed by atoms with Crippen LogP contribution >= 0.6 is 0 Å². The third-order valence-corrected chi connectivity index (χ3v) is 3.48. The molecule has 4 heteroatoms. The summed E-state index contributed by atoms with van der Waals surface area (Å²) in [5.74, 6) is 0.820. The number of piperidine rings is 1. The van der Waals surface area contributed by atoms with Crippen LogP contribution in [-0.4, -0.2) is 38.3 Å². The third-order valence-electron chi connectivity index (χ3n) is 3.48. The van der Waals surface area contributed by atoms with Crippen molar-refractivity contribution in [3.8, 4) is 0 Å². The van der Waals surface area contributed by atoms with Crippen LogP contribution in [0.15, 0.2) is 0 Å². The fraction of sp³-hybridized carbons (Fsp3) is 0.917. The van der Waals surface area contributed by atoms with Crippen LogP contribution in [0.2, 0.25) is 0 Å². The van der Waals surface area contributed by atoms with Gasteiger partial charge in [-0.1, -0.05) is 0 Å². The summed E-state index contributed by atoms with van der Waals surface area (Å²) in [6.45, 7) is 3.85. The number of carbonyl (C=O) groups is 1. The van der Waals surface area contributed by atoms with E-state index in [0.29, 0.717) is 12.3 Å². The first-order chi connectivity index (χ1) is 7.84. The van der Waals surface area contributed by atoms with E-state index in [0.717, 1.165) is 39.1 Å². The molecule has 0 aromatic heterocycles. The highest BCUT2D eigenvalue weighted by Gasteiger charge is 2.20. The standard InChI is InChI=1S/C12H22N2O2/c15-12(8-11-2-1-7-16-11)14-9-10-3-5-13-6-4-10/h10-11,13H,1-9H2,(H,14,15). The molecule has 2 saturated heterocycles. The van der Waals surface area contributed by atoms with E-state index in [1.807, 2.05) is 0 Å². The van der Waals surface area contributed by atoms with Crippen LogP contribution < -0.4 is 10.6 Å². The van der Waals surface area contributed by atoms with Gasteiger partial charge < -0.3 is 15.4 Å². The molecule has 16 heavy (non-hydrogen) atoms. The van der Waals surface area contributed by atoms with Crippen molar-refractivity contribution in [2.24, 2.45) is 5.92 Å². The predicted molar refractivity (Wildman–Crippen MR) is 62.2 cm³/mol. The van der Waals surface area contributed by atoms with Gasteiger partial charge in [0.2, 0.25) is 5.91 Å². The first-order valence-corrected chi connectivity index (χ1v) is 6.43. The summed E-state index contributed by atoms with van der Waals surface area (Å²) in [4.78, 5) is 11.6. The smallest absolute Gasteiger partial charge is 0.222 e. The SMILES string of the molecule is O=C(CC1CCCO1)NCC1CCNCC1. The van der Waals surface area contributed by atoms with E-state index in [2.05, 4.69) is 10.6 Å². The van der Waals surface area contributed by atoms with Crippen LogP contribution in [0.5, 0.6) is 0 Å². The van der Waals surface area contributed by atoms with Crippen LogP contribution in [0.3, 0.4) is 0 Å². The molecule has 2 fully saturated rings. The number of amides is 1. The Hall–Kier alpha value is -0.610. The van der Waals surface area contributed by atoms with Crippen molar-refractivity contribution in [3.05, 3.63) is 0 Å². The minimum atomic E-state index is 0.158. The van der Waals surface area contributed by atoms with Crippen LogP contribution in [0.4, 0.5) is 0 Å². The third kappa shape index (κ3) is 3.76. The number of carbonyl (C=O) groups excluding carboxylic acids is 1. The van der Waals surface area contributed by atoms with Crippen LogP contribution in [0.25, 0.3) is 0 Å². The maximum absolute atomic E-state index is 11.6. The molecule has 0 aromatic rings. The molecule has 2 heterocycles. The Kier molecular flexibility index (Phi) is 4.60. The zero-order valence-corrected chi connectivity index (χ0v) is 9.84. The lowest BCUT2D eigenvalue weighted by molar-refractivity contribution is -0.123. The van der Waals surface area contributed by atoms with Crippen LogP contribution in [0.1, 0.15) is 32.1 Å². The minimum Gasteiger partial charge on any atom is -0.378 e. The molecule has 0 aliphatic carbocycles. The summed E-state index contributed by atoms with van der Waals surface area (Å²) in [6, 6.07) is 0. The van der Waals surface area contributed by atoms with Crippen molar-refractivity contribution >= 4 is 5.91 Å². The minimum absolute atomic E-state index is 0.158. The molecule has 0 aromatic carbocycles. The van der Waals surface area contributed by atoms with E-state index in [9.17, 15) is 4.79 Å². The molecule has 4 nitrogen and oxygen atoms in total. The monoisotopic (exact) mass is 226 g/mol. The Morgan fingerprint density at radius 1 is 1.31 bits per heavy atom. The lowest BCUT2D eigenvalue weighted by Gasteiger charge is -2.23. The Balaban J connectivity index is 1.59. The molecule has 1 unspecified atom stereocenters. The summed E-state index contributed by atoms with van der Waals surface area (Å²) in [7, 11) is 0. The zero-order chi connectivity index (χ0) is 11.2. The van der Waals surface area contributed by atoms with Crippen molar-refractivity contribution < 1.29 is 9.53 Å². The molecule has 0 saturated carbocycles. The molecule has 1 atom stereocenters. The summed E-state index contributed by atoms with van der Waals surface area (Å²) in [5, 5.41) is 6.36. The fourth-order valence-electron chi connectivity index (χ4n) is 2.43. The van der Waals surface area contributed by atoms with Gasteiger partial charge in [-0.15, -0.1) is 0 Å². The molecular formula is C12H22N2O2. The number of hydrogen-bond donors (Lipinski definition) is 2. The van der Waals surface area contributed by atoms with Crippen molar-refractivity contribution in [2.75, 3.05) is 26.2 Å². The van der Waals surface area contributed by atoms with E-state index >= 15 is 0 Å². The van der Waals surface area contributed by atoms with Gasteiger partial charge in [-0.05, 0) is 44.7 Å². The van der Waals surface area contributed by atoms with Crippen molar-refractivity contribution in [1.29, 1.82) is 0 Å². The lowest BCUT2D eigenvalue weighted by Crippen LogP contribution is -2.36. The quantitative estimate of drug-likeness (QED) is 0.741. The first-order valence-electron chi connectivity index (χ1n) is 6.43. The van der Waals surface area contributed by atoms with Crippen LogP contribution in [-0.2, 0) is 9.53 Å². The van der Waals surface area contributed by atoms with Crippen molar-refractivity contribution in [3.63, 3.8) is 0 Å². The fourth-order valence-corrected chi connectivity index (χ4v) is 2.43. The molecule has 2 N–H and O–H groups in total. The van der Waals surface area contributed by atoms with Crippen LogP contribution in [0, 0.1) is 5.92 Å². The Morgan fingerprint density at radius 2 is 2.12 bits per heavy atom. The summed E-state index contributed by atoms with van der Waals surface area (Å²) in [6.07, 6.45) is 5.23. The number of nitrogens with one attached hydrogen (secondary N) is 2. The first kappa shape index (κ1) is 11.9. The highest BCUT2D eigenvalue weighted by atomic mass is 16.5. The molecule has 2 aliphatic heterocycles. The van der Waals surface area contributed by atoms with Crippen molar-refractivity contribution in [1.82, 2.24) is 10.6 Å². The second-order valence-corrected chi connectivity index (χ2v) is 4.84. The Bertz CT molecular complexity index is 221. The molecule has 0 bridgehead atoms. The molecule has 0 radical (unpaired) electrons. The van der Waals surface area contributed by atoms with Crippen molar-refractivity contribution in [2.45, 2.75) is 38.2 Å². The second kappa shape index (κ2) is 6.21. The van der Waals surface area contributed by atoms with Gasteiger partial charge in [-0.25, -0.2) is 0 Å². The summed E-state index contributed by atoms with van der Waals surface area (Å²) in [5.41, 5.74) is 0. The molecule has 2 rings (SSSR count). The van der Waals surface area contributed by atoms with Gasteiger partial charge in [0.05, 0.1) is 12.5 Å². The van der Waals surface area contributed by atoms with E-state index < -0.39 is 0 Å². The molecule has 2 aliphatic rings. The summed E-state index contributed by atoms with van der Waals surface area (Å²) >= 11 is 0. The molecular weight excluding hydrogens is 204 g/mol. The zero-order valence-electron chi connectivity index (χ0n) is 9.84. The van der Waals surface area contributed by atoms with Gasteiger partial charge in [0.1, 0.15) is 0 Å². The Morgan fingerprint density at radius 3 is 2.81 bits per heavy atom. The Labute approximate surface area is 97.1 Å². The largest absolute Gasteiger partial charge is 0.378 e. The highest BCUT2D eigenvalue weighted by molar-refractivity contribution is 5.76. The lowest BCUT2D eigenvalue weighted by atomic mass is 9.98. The normalized spacial score (nSPS) is 26.9. The number of rotatable bonds is 4. The van der Waals surface area contributed by atoms with Gasteiger partial charge in [0.25, 0.3) is 0 Å². The predicted octanol–water partition coefficient (Wildman–Crippen LogP) is 0.671. The molecule has 1 amide bonds. The topological polar surface area (TPSA) is 50.4 Å². The van der Waals surface area contributed by atoms with E-state index in [-0.39, 0.29) is 12.0 Å². The maximum atomic E-state index is 11.6. The van der Waals surface area contributed by atoms with Gasteiger partial charge >= 0.3 is 0 Å². The van der Waals surface area contributed by atoms with Gasteiger partial charge in [-0.3, -0.25) is 4.79 Å². The van der Waals surface area contributed by atoms with E-state index in [4.69, 9.17) is 4.74 Å². The van der Waals surface area contributed by atoms with Gasteiger partial charge in [0, 0.05) is 13.2 Å². The van der Waals surface area contributed by atoms with E-state index in [1.54, 1.807) is 0 Å². The van der Waals surface area contributed by atoms with Gasteiger partial charge in [0.15, 0.2) is 0 Å². The number of ether oxygens (including phenoxy) is 1. The summed E-state index contributed by atoms with van der Waals surface area (Å²) < 4.78 is 5.44. The average molecular weight is 226 g/mol. The average Bonchev–Trinajstić information content (AvgIpc) is 2.81. The van der Waals surface area contributed by atoms with E-state index in [1.165, 1.54) is 12.8 Å². The molecule has 0 spiro atoms. The highest BCUT2D eigenvalue weighted by Crippen LogP contribution is 2.15. The molecule has 92 valence electrons. The number of hydrogen-bond acceptors (Lipinski definition) is 3. The second-order valence-electron chi connectivity index (χ2n) is 4.84. The maximum Gasteiger partial charge on any atom is 0.222 e.